The van der Waals surface area contributed by atoms with Gasteiger partial charge in [-0.15, -0.1) is 0 Å². The molecule has 0 saturated heterocycles. The lowest BCUT2D eigenvalue weighted by atomic mass is 10.00. The zero-order valence-corrected chi connectivity index (χ0v) is 15.5. The van der Waals surface area contributed by atoms with E-state index in [0.29, 0.717) is 16.9 Å². The summed E-state index contributed by atoms with van der Waals surface area (Å²) < 4.78 is 41.5. The molecule has 0 aliphatic rings. The number of benzene rings is 1. The lowest BCUT2D eigenvalue weighted by Gasteiger charge is -2.22. The zero-order valence-electron chi connectivity index (χ0n) is 14.7. The molecule has 0 unspecified atom stereocenters. The van der Waals surface area contributed by atoms with Crippen molar-refractivity contribution in [3.8, 4) is 11.3 Å². The van der Waals surface area contributed by atoms with Crippen molar-refractivity contribution in [2.45, 2.75) is 32.5 Å². The summed E-state index contributed by atoms with van der Waals surface area (Å²) in [7, 11) is 0. The fraction of sp³-hybridized carbons (Fsp3) is 0.278. The van der Waals surface area contributed by atoms with E-state index in [2.05, 4.69) is 15.4 Å². The number of nitrogens with zero attached hydrogens (tertiary/aromatic N) is 3. The molecule has 3 rings (SSSR count). The molecule has 0 radical (unpaired) electrons. The maximum absolute atomic E-state index is 13.4. The van der Waals surface area contributed by atoms with Crippen molar-refractivity contribution in [3.05, 3.63) is 52.8 Å². The number of hydrogen-bond acceptors (Lipinski definition) is 3. The first kappa shape index (κ1) is 19.2. The van der Waals surface area contributed by atoms with Gasteiger partial charge in [-0.05, 0) is 45.0 Å². The molecular weight excluding hydrogens is 381 g/mol. The van der Waals surface area contributed by atoms with Crippen molar-refractivity contribution in [1.29, 1.82) is 0 Å². The summed E-state index contributed by atoms with van der Waals surface area (Å²) in [6, 6.07) is 6.55. The van der Waals surface area contributed by atoms with Crippen LogP contribution in [0.15, 0.2) is 36.5 Å². The van der Waals surface area contributed by atoms with E-state index in [1.807, 2.05) is 0 Å². The standard InChI is InChI=1S/C18H16ClF3N4O/c1-17(2,3)24-16(27)11-8-10(4-5-12(11)18(20,21)22)13-9-26-15(23-13)7-6-14(19)25-26/h4-9H,1-3H3,(H,24,27). The van der Waals surface area contributed by atoms with E-state index in [4.69, 9.17) is 11.6 Å². The molecule has 1 aromatic carbocycles. The van der Waals surface area contributed by atoms with Crippen LogP contribution in [0.5, 0.6) is 0 Å². The molecule has 142 valence electrons. The van der Waals surface area contributed by atoms with Crippen LogP contribution < -0.4 is 5.32 Å². The maximum atomic E-state index is 13.4. The molecule has 0 aliphatic carbocycles. The molecule has 2 aromatic heterocycles. The molecule has 0 fully saturated rings. The van der Waals surface area contributed by atoms with Crippen molar-refractivity contribution in [2.24, 2.45) is 0 Å². The topological polar surface area (TPSA) is 59.3 Å². The van der Waals surface area contributed by atoms with Gasteiger partial charge in [-0.1, -0.05) is 17.7 Å². The number of hydrogen-bond donors (Lipinski definition) is 1. The number of carbonyl (C=O) groups is 1. The van der Waals surface area contributed by atoms with Crippen LogP contribution in [0.3, 0.4) is 0 Å². The van der Waals surface area contributed by atoms with Gasteiger partial charge in [0.25, 0.3) is 5.91 Å². The average molecular weight is 397 g/mol. The van der Waals surface area contributed by atoms with Crippen molar-refractivity contribution in [3.63, 3.8) is 0 Å². The summed E-state index contributed by atoms with van der Waals surface area (Å²) in [5.41, 5.74) is -0.919. The van der Waals surface area contributed by atoms with Gasteiger partial charge in [0.05, 0.1) is 23.0 Å². The highest BCUT2D eigenvalue weighted by molar-refractivity contribution is 6.29. The number of nitrogens with one attached hydrogen (secondary N) is 1. The van der Waals surface area contributed by atoms with E-state index in [9.17, 15) is 18.0 Å². The molecule has 1 amide bonds. The number of fused-ring (bicyclic) bond motifs is 1. The number of amides is 1. The Labute approximate surface area is 158 Å². The lowest BCUT2D eigenvalue weighted by Crippen LogP contribution is -2.41. The second kappa shape index (κ2) is 6.53. The largest absolute Gasteiger partial charge is 0.417 e. The Hall–Kier alpha value is -2.61. The summed E-state index contributed by atoms with van der Waals surface area (Å²) in [5, 5.41) is 6.87. The Morgan fingerprint density at radius 1 is 1.15 bits per heavy atom. The summed E-state index contributed by atoms with van der Waals surface area (Å²) in [4.78, 5) is 16.8. The van der Waals surface area contributed by atoms with E-state index in [-0.39, 0.29) is 5.15 Å². The number of aromatic nitrogens is 3. The normalized spacial score (nSPS) is 12.4. The van der Waals surface area contributed by atoms with Crippen LogP contribution in [0.2, 0.25) is 5.15 Å². The smallest absolute Gasteiger partial charge is 0.347 e. The van der Waals surface area contributed by atoms with E-state index in [1.54, 1.807) is 32.9 Å². The first-order valence-corrected chi connectivity index (χ1v) is 8.38. The molecule has 27 heavy (non-hydrogen) atoms. The molecule has 5 nitrogen and oxygen atoms in total. The quantitative estimate of drug-likeness (QED) is 0.688. The van der Waals surface area contributed by atoms with Gasteiger partial charge in [0.15, 0.2) is 5.65 Å². The predicted octanol–water partition coefficient (Wildman–Crippen LogP) is 4.60. The van der Waals surface area contributed by atoms with Gasteiger partial charge in [-0.25, -0.2) is 9.50 Å². The Balaban J connectivity index is 2.11. The number of halogens is 4. The molecule has 0 bridgehead atoms. The van der Waals surface area contributed by atoms with E-state index in [1.165, 1.54) is 22.8 Å². The van der Waals surface area contributed by atoms with Crippen LogP contribution in [0.4, 0.5) is 13.2 Å². The van der Waals surface area contributed by atoms with E-state index >= 15 is 0 Å². The maximum Gasteiger partial charge on any atom is 0.417 e. The second-order valence-corrected chi connectivity index (χ2v) is 7.43. The van der Waals surface area contributed by atoms with Crippen molar-refractivity contribution >= 4 is 23.2 Å². The van der Waals surface area contributed by atoms with Gasteiger partial charge in [-0.3, -0.25) is 4.79 Å². The van der Waals surface area contributed by atoms with Gasteiger partial charge < -0.3 is 5.32 Å². The number of alkyl halides is 3. The van der Waals surface area contributed by atoms with Crippen LogP contribution in [-0.2, 0) is 6.18 Å². The highest BCUT2D eigenvalue weighted by atomic mass is 35.5. The van der Waals surface area contributed by atoms with Crippen molar-refractivity contribution in [2.75, 3.05) is 0 Å². The van der Waals surface area contributed by atoms with Crippen LogP contribution >= 0.6 is 11.6 Å². The van der Waals surface area contributed by atoms with Crippen molar-refractivity contribution in [1.82, 2.24) is 19.9 Å². The van der Waals surface area contributed by atoms with Crippen LogP contribution in [0.25, 0.3) is 16.9 Å². The van der Waals surface area contributed by atoms with Gasteiger partial charge >= 0.3 is 6.18 Å². The van der Waals surface area contributed by atoms with Gasteiger partial charge in [-0.2, -0.15) is 18.3 Å². The van der Waals surface area contributed by atoms with Gasteiger partial charge in [0.1, 0.15) is 5.15 Å². The molecule has 2 heterocycles. The third-order valence-corrected chi connectivity index (χ3v) is 3.84. The highest BCUT2D eigenvalue weighted by Crippen LogP contribution is 2.34. The third-order valence-electron chi connectivity index (χ3n) is 3.64. The number of carbonyl (C=O) groups excluding carboxylic acids is 1. The molecule has 0 spiro atoms. The Kier molecular flexibility index (Phi) is 4.63. The third kappa shape index (κ3) is 4.21. The minimum absolute atomic E-state index is 0.254. The molecule has 0 atom stereocenters. The predicted molar refractivity (Wildman–Crippen MR) is 95.7 cm³/mol. The van der Waals surface area contributed by atoms with Crippen LogP contribution in [0.1, 0.15) is 36.7 Å². The van der Waals surface area contributed by atoms with Crippen LogP contribution in [-0.4, -0.2) is 26.0 Å². The summed E-state index contributed by atoms with van der Waals surface area (Å²) in [6.07, 6.45) is -3.12. The van der Waals surface area contributed by atoms with Crippen LogP contribution in [0, 0.1) is 0 Å². The van der Waals surface area contributed by atoms with E-state index in [0.717, 1.165) is 6.07 Å². The molecule has 0 saturated carbocycles. The van der Waals surface area contributed by atoms with Gasteiger partial charge in [0.2, 0.25) is 0 Å². The Morgan fingerprint density at radius 3 is 2.48 bits per heavy atom. The second-order valence-electron chi connectivity index (χ2n) is 7.05. The molecule has 0 aliphatic heterocycles. The highest BCUT2D eigenvalue weighted by Gasteiger charge is 2.36. The summed E-state index contributed by atoms with van der Waals surface area (Å²) in [5.74, 6) is -0.804. The molecule has 3 aromatic rings. The Morgan fingerprint density at radius 2 is 1.85 bits per heavy atom. The van der Waals surface area contributed by atoms with Crippen molar-refractivity contribution < 1.29 is 18.0 Å². The summed E-state index contributed by atoms with van der Waals surface area (Å²) in [6.45, 7) is 5.08. The minimum atomic E-state index is -4.66. The molecular formula is C18H16ClF3N4O. The fourth-order valence-corrected chi connectivity index (χ4v) is 2.69. The molecule has 9 heteroatoms. The first-order valence-electron chi connectivity index (χ1n) is 8.00. The molecule has 1 N–H and O–H groups in total. The minimum Gasteiger partial charge on any atom is -0.347 e. The fourth-order valence-electron chi connectivity index (χ4n) is 2.54. The monoisotopic (exact) mass is 396 g/mol. The average Bonchev–Trinajstić information content (AvgIpc) is 2.95. The van der Waals surface area contributed by atoms with E-state index < -0.39 is 28.7 Å². The number of imidazole rings is 1. The Bertz CT molecular complexity index is 1020. The van der Waals surface area contributed by atoms with Gasteiger partial charge in [0, 0.05) is 11.1 Å². The SMILES string of the molecule is CC(C)(C)NC(=O)c1cc(-c2cn3nc(Cl)ccc3n2)ccc1C(F)(F)F. The lowest BCUT2D eigenvalue weighted by molar-refractivity contribution is -0.137. The zero-order chi connectivity index (χ0) is 20.0. The number of rotatable bonds is 2. The summed E-state index contributed by atoms with van der Waals surface area (Å²) >= 11 is 5.84. The first-order chi connectivity index (χ1) is 12.4.